The molecule has 0 spiro atoms. The van der Waals surface area contributed by atoms with Gasteiger partial charge in [0.05, 0.1) is 15.6 Å². The highest BCUT2D eigenvalue weighted by Gasteiger charge is 2.14. The zero-order valence-corrected chi connectivity index (χ0v) is 13.1. The minimum Gasteiger partial charge on any atom is -0.399 e. The van der Waals surface area contributed by atoms with Crippen molar-refractivity contribution in [3.63, 3.8) is 0 Å². The van der Waals surface area contributed by atoms with Gasteiger partial charge in [0.2, 0.25) is 0 Å². The van der Waals surface area contributed by atoms with Crippen LogP contribution in [0.15, 0.2) is 36.4 Å². The predicted octanol–water partition coefficient (Wildman–Crippen LogP) is 4.78. The molecule has 0 aromatic heterocycles. The molecule has 21 heavy (non-hydrogen) atoms. The molecule has 3 N–H and O–H groups in total. The number of carbonyl (C=O) groups excluding carboxylic acids is 1. The molecule has 0 saturated carbocycles. The molecule has 2 rings (SSSR count). The quantitative estimate of drug-likeness (QED) is 0.796. The minimum absolute atomic E-state index is 0.200. The summed E-state index contributed by atoms with van der Waals surface area (Å²) in [6.45, 7) is 2.13. The first-order valence-corrected chi connectivity index (χ1v) is 7.41. The van der Waals surface area contributed by atoms with Crippen LogP contribution in [-0.4, -0.2) is 5.91 Å². The van der Waals surface area contributed by atoms with Gasteiger partial charge in [-0.15, -0.1) is 0 Å². The van der Waals surface area contributed by atoms with Crippen LogP contribution in [0.25, 0.3) is 0 Å². The van der Waals surface area contributed by atoms with Gasteiger partial charge in [-0.1, -0.05) is 48.7 Å². The molecular weight excluding hydrogens is 307 g/mol. The van der Waals surface area contributed by atoms with Crippen LogP contribution in [0.2, 0.25) is 10.0 Å². The van der Waals surface area contributed by atoms with Crippen LogP contribution in [-0.2, 0) is 6.42 Å². The van der Waals surface area contributed by atoms with Crippen LogP contribution in [0, 0.1) is 0 Å². The van der Waals surface area contributed by atoms with E-state index < -0.39 is 0 Å². The molecule has 2 aromatic carbocycles. The van der Waals surface area contributed by atoms with E-state index in [0.717, 1.165) is 12.8 Å². The summed E-state index contributed by atoms with van der Waals surface area (Å²) >= 11 is 12.0. The molecule has 0 heterocycles. The van der Waals surface area contributed by atoms with Crippen LogP contribution in [0.1, 0.15) is 29.3 Å². The third-order valence-electron chi connectivity index (χ3n) is 3.05. The average Bonchev–Trinajstić information content (AvgIpc) is 2.45. The molecule has 110 valence electrons. The monoisotopic (exact) mass is 322 g/mol. The van der Waals surface area contributed by atoms with Crippen molar-refractivity contribution in [1.29, 1.82) is 0 Å². The Labute approximate surface area is 134 Å². The molecule has 0 bridgehead atoms. The summed E-state index contributed by atoms with van der Waals surface area (Å²) in [5.74, 6) is -0.336. The van der Waals surface area contributed by atoms with E-state index in [-0.39, 0.29) is 21.5 Å². The number of nitrogens with one attached hydrogen (secondary N) is 1. The predicted molar refractivity (Wildman–Crippen MR) is 89.3 cm³/mol. The Morgan fingerprint density at radius 2 is 1.86 bits per heavy atom. The molecule has 0 aliphatic rings. The highest BCUT2D eigenvalue weighted by Crippen LogP contribution is 2.29. The first-order valence-electron chi connectivity index (χ1n) is 6.66. The van der Waals surface area contributed by atoms with E-state index in [1.54, 1.807) is 0 Å². The summed E-state index contributed by atoms with van der Waals surface area (Å²) in [6, 6.07) is 10.7. The number of hydrogen-bond donors (Lipinski definition) is 2. The van der Waals surface area contributed by atoms with Crippen LogP contribution in [0.5, 0.6) is 0 Å². The van der Waals surface area contributed by atoms with E-state index in [1.807, 2.05) is 24.3 Å². The zero-order chi connectivity index (χ0) is 15.4. The minimum atomic E-state index is -0.336. The third-order valence-corrected chi connectivity index (χ3v) is 3.85. The summed E-state index contributed by atoms with van der Waals surface area (Å²) in [7, 11) is 0. The Morgan fingerprint density at radius 1 is 1.19 bits per heavy atom. The molecule has 0 saturated heterocycles. The first-order chi connectivity index (χ1) is 10.0. The molecule has 0 radical (unpaired) electrons. The van der Waals surface area contributed by atoms with Gasteiger partial charge in [-0.3, -0.25) is 4.79 Å². The first kappa shape index (κ1) is 15.7. The fourth-order valence-electron chi connectivity index (χ4n) is 2.02. The van der Waals surface area contributed by atoms with Gasteiger partial charge in [0, 0.05) is 11.4 Å². The Balaban J connectivity index is 2.18. The maximum Gasteiger partial charge on any atom is 0.257 e. The highest BCUT2D eigenvalue weighted by molar-refractivity contribution is 6.44. The van der Waals surface area contributed by atoms with E-state index in [4.69, 9.17) is 28.9 Å². The van der Waals surface area contributed by atoms with E-state index >= 15 is 0 Å². The summed E-state index contributed by atoms with van der Waals surface area (Å²) in [5, 5.41) is 3.25. The number of benzene rings is 2. The lowest BCUT2D eigenvalue weighted by Crippen LogP contribution is -2.13. The summed E-state index contributed by atoms with van der Waals surface area (Å²) < 4.78 is 0. The molecule has 0 aliphatic carbocycles. The fourth-order valence-corrected chi connectivity index (χ4v) is 2.44. The number of rotatable bonds is 4. The van der Waals surface area contributed by atoms with Gasteiger partial charge in [0.25, 0.3) is 5.91 Å². The molecule has 1 amide bonds. The number of carbonyl (C=O) groups is 1. The second-order valence-electron chi connectivity index (χ2n) is 4.77. The smallest absolute Gasteiger partial charge is 0.257 e. The molecule has 0 unspecified atom stereocenters. The molecular formula is C16H16Cl2N2O. The Kier molecular flexibility index (Phi) is 5.10. The van der Waals surface area contributed by atoms with Crippen molar-refractivity contribution >= 4 is 40.5 Å². The molecule has 3 nitrogen and oxygen atoms in total. The number of aryl methyl sites for hydroxylation is 1. The molecule has 2 aromatic rings. The molecule has 0 aliphatic heterocycles. The fraction of sp³-hybridized carbons (Fsp3) is 0.188. The maximum absolute atomic E-state index is 12.2. The number of hydrogen-bond acceptors (Lipinski definition) is 2. The van der Waals surface area contributed by atoms with Crippen molar-refractivity contribution in [2.24, 2.45) is 0 Å². The van der Waals surface area contributed by atoms with Crippen LogP contribution in [0.4, 0.5) is 11.4 Å². The van der Waals surface area contributed by atoms with Gasteiger partial charge in [-0.25, -0.2) is 0 Å². The Hall–Kier alpha value is -1.71. The standard InChI is InChI=1S/C16H16Cl2N2O/c1-2-3-10-4-6-12(7-5-10)20-16(21)13-8-11(19)9-14(17)15(13)18/h4-9H,2-3,19H2,1H3,(H,20,21). The maximum atomic E-state index is 12.2. The Bertz CT molecular complexity index is 654. The summed E-state index contributed by atoms with van der Waals surface area (Å²) in [5.41, 5.74) is 8.29. The van der Waals surface area contributed by atoms with Gasteiger partial charge >= 0.3 is 0 Å². The topological polar surface area (TPSA) is 55.1 Å². The lowest BCUT2D eigenvalue weighted by Gasteiger charge is -2.09. The summed E-state index contributed by atoms with van der Waals surface area (Å²) in [6.07, 6.45) is 2.11. The van der Waals surface area contributed by atoms with Crippen molar-refractivity contribution in [2.75, 3.05) is 11.1 Å². The van der Waals surface area contributed by atoms with Gasteiger partial charge in [0.15, 0.2) is 0 Å². The number of nitrogen functional groups attached to an aromatic ring is 1. The van der Waals surface area contributed by atoms with Crippen molar-refractivity contribution in [3.05, 3.63) is 57.6 Å². The van der Waals surface area contributed by atoms with Crippen molar-refractivity contribution in [2.45, 2.75) is 19.8 Å². The zero-order valence-electron chi connectivity index (χ0n) is 11.6. The third kappa shape index (κ3) is 3.90. The van der Waals surface area contributed by atoms with E-state index in [2.05, 4.69) is 12.2 Å². The van der Waals surface area contributed by atoms with E-state index in [1.165, 1.54) is 17.7 Å². The second-order valence-corrected chi connectivity index (χ2v) is 5.55. The van der Waals surface area contributed by atoms with Gasteiger partial charge < -0.3 is 11.1 Å². The van der Waals surface area contributed by atoms with E-state index in [0.29, 0.717) is 11.4 Å². The van der Waals surface area contributed by atoms with Gasteiger partial charge in [-0.05, 0) is 36.2 Å². The van der Waals surface area contributed by atoms with Crippen LogP contribution in [0.3, 0.4) is 0 Å². The second kappa shape index (κ2) is 6.83. The van der Waals surface area contributed by atoms with Crippen LogP contribution >= 0.6 is 23.2 Å². The number of nitrogens with two attached hydrogens (primary N) is 1. The molecule has 0 fully saturated rings. The number of halogens is 2. The highest BCUT2D eigenvalue weighted by atomic mass is 35.5. The summed E-state index contributed by atoms with van der Waals surface area (Å²) in [4.78, 5) is 12.2. The largest absolute Gasteiger partial charge is 0.399 e. The van der Waals surface area contributed by atoms with E-state index in [9.17, 15) is 4.79 Å². The van der Waals surface area contributed by atoms with Gasteiger partial charge in [-0.2, -0.15) is 0 Å². The van der Waals surface area contributed by atoms with Crippen LogP contribution < -0.4 is 11.1 Å². The lowest BCUT2D eigenvalue weighted by atomic mass is 10.1. The van der Waals surface area contributed by atoms with Crippen molar-refractivity contribution in [1.82, 2.24) is 0 Å². The molecule has 5 heteroatoms. The normalized spacial score (nSPS) is 10.4. The number of anilines is 2. The number of amides is 1. The van der Waals surface area contributed by atoms with Crippen molar-refractivity contribution < 1.29 is 4.79 Å². The molecule has 0 atom stereocenters. The van der Waals surface area contributed by atoms with Crippen molar-refractivity contribution in [3.8, 4) is 0 Å². The SMILES string of the molecule is CCCc1ccc(NC(=O)c2cc(N)cc(Cl)c2Cl)cc1. The van der Waals surface area contributed by atoms with Gasteiger partial charge in [0.1, 0.15) is 0 Å². The Morgan fingerprint density at radius 3 is 2.48 bits per heavy atom. The lowest BCUT2D eigenvalue weighted by molar-refractivity contribution is 0.102. The average molecular weight is 323 g/mol.